The van der Waals surface area contributed by atoms with Crippen molar-refractivity contribution in [1.29, 1.82) is 0 Å². The number of hydrogen-bond acceptors (Lipinski definition) is 3. The quantitative estimate of drug-likeness (QED) is 0.869. The number of H-pyrrole nitrogens is 1. The largest absolute Gasteiger partial charge is 0.372 e. The molecule has 4 nitrogen and oxygen atoms in total. The van der Waals surface area contributed by atoms with Crippen LogP contribution in [0.2, 0.25) is 0 Å². The van der Waals surface area contributed by atoms with E-state index in [0.29, 0.717) is 10.7 Å². The molecule has 0 radical (unpaired) electrons. The van der Waals surface area contributed by atoms with Gasteiger partial charge in [-0.1, -0.05) is 13.8 Å². The van der Waals surface area contributed by atoms with Crippen LogP contribution in [-0.2, 0) is 0 Å². The second-order valence-corrected chi connectivity index (χ2v) is 6.33. The van der Waals surface area contributed by atoms with Gasteiger partial charge in [0, 0.05) is 30.4 Å². The molecule has 1 fully saturated rings. The zero-order valence-corrected chi connectivity index (χ0v) is 13.5. The van der Waals surface area contributed by atoms with E-state index in [0.717, 1.165) is 11.5 Å². The van der Waals surface area contributed by atoms with Crippen LogP contribution in [0.5, 0.6) is 0 Å². The molecule has 112 valence electrons. The highest BCUT2D eigenvalue weighted by atomic mass is 32.1. The summed E-state index contributed by atoms with van der Waals surface area (Å²) in [4.78, 5) is 2.46. The second kappa shape index (κ2) is 6.02. The molecule has 5 heteroatoms. The van der Waals surface area contributed by atoms with Crippen LogP contribution in [-0.4, -0.2) is 27.9 Å². The van der Waals surface area contributed by atoms with Crippen LogP contribution < -0.4 is 4.90 Å². The van der Waals surface area contributed by atoms with Crippen LogP contribution >= 0.6 is 12.2 Å². The molecule has 0 atom stereocenters. The van der Waals surface area contributed by atoms with Crippen LogP contribution in [0.4, 0.5) is 5.69 Å². The topological polar surface area (TPSA) is 36.9 Å². The summed E-state index contributed by atoms with van der Waals surface area (Å²) in [5.74, 6) is 1.31. The Hall–Kier alpha value is -1.62. The monoisotopic (exact) mass is 302 g/mol. The van der Waals surface area contributed by atoms with Gasteiger partial charge in [-0.25, -0.2) is 0 Å². The zero-order chi connectivity index (χ0) is 14.8. The fourth-order valence-electron chi connectivity index (χ4n) is 2.91. The number of piperidine rings is 1. The van der Waals surface area contributed by atoms with E-state index < -0.39 is 0 Å². The molecule has 1 aromatic carbocycles. The summed E-state index contributed by atoms with van der Waals surface area (Å²) in [6.45, 7) is 6.59. The molecular formula is C16H22N4S. The molecule has 0 bridgehead atoms. The van der Waals surface area contributed by atoms with Crippen molar-refractivity contribution in [2.75, 3.05) is 18.0 Å². The lowest BCUT2D eigenvalue weighted by molar-refractivity contribution is 0.578. The van der Waals surface area contributed by atoms with E-state index in [4.69, 9.17) is 12.2 Å². The number of nitrogens with one attached hydrogen (secondary N) is 1. The standard InChI is InChI=1S/C16H22N4S/c1-12(2)15-17-18-16(21)20(15)14-8-6-13(7-9-14)19-10-4-3-5-11-19/h6-9,12H,3-5,10-11H2,1-2H3,(H,18,21). The van der Waals surface area contributed by atoms with E-state index in [-0.39, 0.29) is 0 Å². The smallest absolute Gasteiger partial charge is 0.199 e. The lowest BCUT2D eigenvalue weighted by atomic mass is 10.1. The first kappa shape index (κ1) is 14.3. The van der Waals surface area contributed by atoms with Gasteiger partial charge in [-0.3, -0.25) is 9.67 Å². The average molecular weight is 302 g/mol. The van der Waals surface area contributed by atoms with Crippen LogP contribution in [0, 0.1) is 4.77 Å². The Morgan fingerprint density at radius 3 is 2.29 bits per heavy atom. The van der Waals surface area contributed by atoms with Crippen molar-refractivity contribution in [3.63, 3.8) is 0 Å². The Labute approximate surface area is 130 Å². The fraction of sp³-hybridized carbons (Fsp3) is 0.500. The summed E-state index contributed by atoms with van der Waals surface area (Å²) in [5, 5.41) is 7.24. The molecule has 3 rings (SSSR count). The van der Waals surface area contributed by atoms with Gasteiger partial charge < -0.3 is 4.90 Å². The maximum Gasteiger partial charge on any atom is 0.199 e. The Bertz CT molecular complexity index is 648. The Balaban J connectivity index is 1.90. The Morgan fingerprint density at radius 2 is 1.67 bits per heavy atom. The minimum atomic E-state index is 0.333. The van der Waals surface area contributed by atoms with E-state index in [1.807, 2.05) is 4.57 Å². The maximum absolute atomic E-state index is 5.37. The fourth-order valence-corrected chi connectivity index (χ4v) is 3.16. The van der Waals surface area contributed by atoms with Crippen LogP contribution in [0.25, 0.3) is 5.69 Å². The van der Waals surface area contributed by atoms with E-state index in [1.165, 1.54) is 38.0 Å². The van der Waals surface area contributed by atoms with E-state index in [2.05, 4.69) is 53.2 Å². The number of aromatic nitrogens is 3. The first-order valence-electron chi connectivity index (χ1n) is 7.69. The first-order valence-corrected chi connectivity index (χ1v) is 8.10. The number of aromatic amines is 1. The van der Waals surface area contributed by atoms with E-state index in [1.54, 1.807) is 0 Å². The molecule has 21 heavy (non-hydrogen) atoms. The predicted molar refractivity (Wildman–Crippen MR) is 88.9 cm³/mol. The molecule has 0 unspecified atom stereocenters. The normalized spacial score (nSPS) is 15.7. The number of rotatable bonds is 3. The molecule has 1 aliphatic heterocycles. The van der Waals surface area contributed by atoms with Crippen LogP contribution in [0.1, 0.15) is 44.9 Å². The summed E-state index contributed by atoms with van der Waals surface area (Å²) >= 11 is 5.37. The highest BCUT2D eigenvalue weighted by Gasteiger charge is 2.13. The zero-order valence-electron chi connectivity index (χ0n) is 12.7. The summed E-state index contributed by atoms with van der Waals surface area (Å²) in [6, 6.07) is 8.67. The number of anilines is 1. The highest BCUT2D eigenvalue weighted by molar-refractivity contribution is 7.71. The third-order valence-electron chi connectivity index (χ3n) is 4.04. The number of benzene rings is 1. The molecule has 1 N–H and O–H groups in total. The minimum absolute atomic E-state index is 0.333. The van der Waals surface area contributed by atoms with Gasteiger partial charge in [-0.2, -0.15) is 5.10 Å². The van der Waals surface area contributed by atoms with Crippen molar-refractivity contribution in [2.24, 2.45) is 0 Å². The molecule has 2 heterocycles. The van der Waals surface area contributed by atoms with Crippen molar-refractivity contribution >= 4 is 17.9 Å². The third kappa shape index (κ3) is 2.88. The maximum atomic E-state index is 5.37. The van der Waals surface area contributed by atoms with Gasteiger partial charge in [0.1, 0.15) is 5.82 Å². The molecule has 0 spiro atoms. The summed E-state index contributed by atoms with van der Waals surface area (Å²) in [5.41, 5.74) is 2.39. The Morgan fingerprint density at radius 1 is 1.05 bits per heavy atom. The van der Waals surface area contributed by atoms with Gasteiger partial charge in [0.15, 0.2) is 4.77 Å². The van der Waals surface area contributed by atoms with Gasteiger partial charge in [0.2, 0.25) is 0 Å². The van der Waals surface area contributed by atoms with E-state index in [9.17, 15) is 0 Å². The lowest BCUT2D eigenvalue weighted by Crippen LogP contribution is -2.29. The molecule has 2 aromatic rings. The number of nitrogens with zero attached hydrogens (tertiary/aromatic N) is 3. The van der Waals surface area contributed by atoms with Crippen molar-refractivity contribution in [2.45, 2.75) is 39.0 Å². The van der Waals surface area contributed by atoms with Crippen molar-refractivity contribution in [3.8, 4) is 5.69 Å². The summed E-state index contributed by atoms with van der Waals surface area (Å²) in [7, 11) is 0. The number of hydrogen-bond donors (Lipinski definition) is 1. The van der Waals surface area contributed by atoms with Gasteiger partial charge in [-0.15, -0.1) is 0 Å². The SMILES string of the molecule is CC(C)c1n[nH]c(=S)n1-c1ccc(N2CCCCC2)cc1. The molecule has 0 aliphatic carbocycles. The van der Waals surface area contributed by atoms with Gasteiger partial charge in [-0.05, 0) is 55.7 Å². The predicted octanol–water partition coefficient (Wildman–Crippen LogP) is 4.04. The molecular weight excluding hydrogens is 280 g/mol. The highest BCUT2D eigenvalue weighted by Crippen LogP contribution is 2.23. The van der Waals surface area contributed by atoms with Gasteiger partial charge >= 0.3 is 0 Å². The second-order valence-electron chi connectivity index (χ2n) is 5.94. The van der Waals surface area contributed by atoms with Crippen molar-refractivity contribution in [3.05, 3.63) is 34.9 Å². The minimum Gasteiger partial charge on any atom is -0.372 e. The Kier molecular flexibility index (Phi) is 4.10. The first-order chi connectivity index (χ1) is 10.2. The average Bonchev–Trinajstić information content (AvgIpc) is 2.90. The summed E-state index contributed by atoms with van der Waals surface area (Å²) in [6.07, 6.45) is 3.95. The van der Waals surface area contributed by atoms with Gasteiger partial charge in [0.05, 0.1) is 0 Å². The van der Waals surface area contributed by atoms with Crippen molar-refractivity contribution < 1.29 is 0 Å². The molecule has 0 saturated carbocycles. The van der Waals surface area contributed by atoms with E-state index >= 15 is 0 Å². The lowest BCUT2D eigenvalue weighted by Gasteiger charge is -2.28. The molecule has 0 amide bonds. The molecule has 1 saturated heterocycles. The van der Waals surface area contributed by atoms with Crippen molar-refractivity contribution in [1.82, 2.24) is 14.8 Å². The van der Waals surface area contributed by atoms with Crippen LogP contribution in [0.15, 0.2) is 24.3 Å². The third-order valence-corrected chi connectivity index (χ3v) is 4.32. The molecule has 1 aromatic heterocycles. The van der Waals surface area contributed by atoms with Gasteiger partial charge in [0.25, 0.3) is 0 Å². The van der Waals surface area contributed by atoms with Crippen LogP contribution in [0.3, 0.4) is 0 Å². The summed E-state index contributed by atoms with van der Waals surface area (Å²) < 4.78 is 2.68. The molecule has 1 aliphatic rings.